The summed E-state index contributed by atoms with van der Waals surface area (Å²) in [6.45, 7) is 0. The van der Waals surface area contributed by atoms with E-state index in [4.69, 9.17) is 15.0 Å². The van der Waals surface area contributed by atoms with Gasteiger partial charge >= 0.3 is 0 Å². The summed E-state index contributed by atoms with van der Waals surface area (Å²) in [5, 5.41) is 2.26. The van der Waals surface area contributed by atoms with Gasteiger partial charge in [-0.2, -0.15) is 0 Å². The lowest BCUT2D eigenvalue weighted by Gasteiger charge is -2.13. The fourth-order valence-electron chi connectivity index (χ4n) is 5.16. The van der Waals surface area contributed by atoms with Crippen molar-refractivity contribution in [3.63, 3.8) is 0 Å². The summed E-state index contributed by atoms with van der Waals surface area (Å²) < 4.78 is 1.06. The maximum atomic E-state index is 5.04. The Balaban J connectivity index is 1.39. The zero-order valence-corrected chi connectivity index (χ0v) is 23.7. The number of rotatable bonds is 5. The lowest BCUT2D eigenvalue weighted by molar-refractivity contribution is 1.08. The van der Waals surface area contributed by atoms with Gasteiger partial charge in [-0.1, -0.05) is 143 Å². The molecule has 0 spiro atoms. The Morgan fingerprint density at radius 3 is 1.37 bits per heavy atom. The first-order valence-corrected chi connectivity index (χ1v) is 14.3. The highest BCUT2D eigenvalue weighted by Crippen LogP contribution is 2.36. The van der Waals surface area contributed by atoms with Crippen LogP contribution in [0.5, 0.6) is 0 Å². The van der Waals surface area contributed by atoms with E-state index >= 15 is 0 Å². The van der Waals surface area contributed by atoms with Gasteiger partial charge in [-0.3, -0.25) is 0 Å². The molecule has 6 aromatic carbocycles. The van der Waals surface area contributed by atoms with E-state index in [0.717, 1.165) is 43.1 Å². The van der Waals surface area contributed by atoms with Crippen molar-refractivity contribution in [2.75, 3.05) is 0 Å². The minimum Gasteiger partial charge on any atom is -0.208 e. The molecule has 7 aromatic rings. The van der Waals surface area contributed by atoms with Crippen LogP contribution < -0.4 is 0 Å². The average molecular weight is 591 g/mol. The van der Waals surface area contributed by atoms with Gasteiger partial charge in [-0.15, -0.1) is 0 Å². The summed E-state index contributed by atoms with van der Waals surface area (Å²) in [6, 6.07) is 50.1. The fourth-order valence-corrected chi connectivity index (χ4v) is 5.42. The molecule has 0 saturated heterocycles. The summed E-state index contributed by atoms with van der Waals surface area (Å²) in [5.74, 6) is 1.95. The number of halogens is 1. The van der Waals surface area contributed by atoms with Gasteiger partial charge in [0.2, 0.25) is 0 Å². The molecule has 0 saturated carbocycles. The number of nitrogens with zero attached hydrogens (tertiary/aromatic N) is 3. The molecule has 7 rings (SSSR count). The van der Waals surface area contributed by atoms with E-state index < -0.39 is 0 Å². The van der Waals surface area contributed by atoms with Crippen LogP contribution in [0.25, 0.3) is 67.2 Å². The highest BCUT2D eigenvalue weighted by atomic mass is 79.9. The number of benzene rings is 6. The van der Waals surface area contributed by atoms with Gasteiger partial charge in [0.15, 0.2) is 17.5 Å². The quantitative estimate of drug-likeness (QED) is 0.200. The molecule has 0 aliphatic rings. The largest absolute Gasteiger partial charge is 0.208 e. The van der Waals surface area contributed by atoms with Crippen molar-refractivity contribution in [3.05, 3.63) is 150 Å². The van der Waals surface area contributed by atoms with Crippen LogP contribution in [-0.2, 0) is 0 Å². The molecule has 0 radical (unpaired) electrons. The van der Waals surface area contributed by atoms with Crippen molar-refractivity contribution in [3.8, 4) is 56.4 Å². The van der Waals surface area contributed by atoms with E-state index in [2.05, 4.69) is 125 Å². The SMILES string of the molecule is Brc1ccc(-c2ccc(-c3nc(-c4ccccc4)nc(-c4ccc(-c5ccccc5)cc4)n3)c3ccccc23)cc1. The highest BCUT2D eigenvalue weighted by Gasteiger charge is 2.16. The Kier molecular flexibility index (Phi) is 6.67. The van der Waals surface area contributed by atoms with E-state index in [1.807, 2.05) is 36.4 Å². The van der Waals surface area contributed by atoms with E-state index in [1.54, 1.807) is 0 Å². The van der Waals surface area contributed by atoms with E-state index in [-0.39, 0.29) is 0 Å². The Bertz CT molecular complexity index is 1970. The van der Waals surface area contributed by atoms with Crippen LogP contribution in [0.2, 0.25) is 0 Å². The maximum Gasteiger partial charge on any atom is 0.164 e. The Morgan fingerprint density at radius 1 is 0.317 bits per heavy atom. The summed E-state index contributed by atoms with van der Waals surface area (Å²) in [5.41, 5.74) is 7.54. The molecular formula is C37H24BrN3. The van der Waals surface area contributed by atoms with Gasteiger partial charge in [-0.25, -0.2) is 15.0 Å². The van der Waals surface area contributed by atoms with Crippen LogP contribution in [0.1, 0.15) is 0 Å². The molecule has 0 atom stereocenters. The van der Waals surface area contributed by atoms with Crippen molar-refractivity contribution in [2.45, 2.75) is 0 Å². The summed E-state index contributed by atoms with van der Waals surface area (Å²) in [4.78, 5) is 15.0. The van der Waals surface area contributed by atoms with Gasteiger partial charge in [0.25, 0.3) is 0 Å². The van der Waals surface area contributed by atoms with Crippen LogP contribution in [0.4, 0.5) is 0 Å². The molecule has 0 fully saturated rings. The van der Waals surface area contributed by atoms with Gasteiger partial charge in [0, 0.05) is 21.2 Å². The first-order chi connectivity index (χ1) is 20.2. The molecule has 0 N–H and O–H groups in total. The van der Waals surface area contributed by atoms with E-state index in [9.17, 15) is 0 Å². The van der Waals surface area contributed by atoms with Crippen LogP contribution in [0.15, 0.2) is 150 Å². The minimum absolute atomic E-state index is 0.648. The second kappa shape index (κ2) is 10.9. The van der Waals surface area contributed by atoms with E-state index in [0.29, 0.717) is 17.5 Å². The smallest absolute Gasteiger partial charge is 0.164 e. The molecular weight excluding hydrogens is 566 g/mol. The molecule has 3 nitrogen and oxygen atoms in total. The zero-order chi connectivity index (χ0) is 27.6. The number of hydrogen-bond donors (Lipinski definition) is 0. The minimum atomic E-state index is 0.648. The fraction of sp³-hybridized carbons (Fsp3) is 0. The highest BCUT2D eigenvalue weighted by molar-refractivity contribution is 9.10. The average Bonchev–Trinajstić information content (AvgIpc) is 3.05. The van der Waals surface area contributed by atoms with Crippen molar-refractivity contribution < 1.29 is 0 Å². The number of aromatic nitrogens is 3. The second-order valence-electron chi connectivity index (χ2n) is 9.83. The second-order valence-corrected chi connectivity index (χ2v) is 10.7. The lowest BCUT2D eigenvalue weighted by atomic mass is 9.94. The molecule has 0 bridgehead atoms. The Labute approximate surface area is 247 Å². The topological polar surface area (TPSA) is 38.7 Å². The summed E-state index contributed by atoms with van der Waals surface area (Å²) in [6.07, 6.45) is 0. The van der Waals surface area contributed by atoms with Crippen LogP contribution in [0, 0.1) is 0 Å². The predicted octanol–water partition coefficient (Wildman–Crippen LogP) is 10.1. The lowest BCUT2D eigenvalue weighted by Crippen LogP contribution is -2.00. The summed E-state index contributed by atoms with van der Waals surface area (Å²) in [7, 11) is 0. The first-order valence-electron chi connectivity index (χ1n) is 13.5. The van der Waals surface area contributed by atoms with Gasteiger partial charge < -0.3 is 0 Å². The third kappa shape index (κ3) is 5.06. The van der Waals surface area contributed by atoms with Gasteiger partial charge in [-0.05, 0) is 51.2 Å². The molecule has 41 heavy (non-hydrogen) atoms. The monoisotopic (exact) mass is 589 g/mol. The number of hydrogen-bond acceptors (Lipinski definition) is 3. The maximum absolute atomic E-state index is 5.04. The van der Waals surface area contributed by atoms with Crippen molar-refractivity contribution in [2.24, 2.45) is 0 Å². The van der Waals surface area contributed by atoms with Gasteiger partial charge in [0.1, 0.15) is 0 Å². The van der Waals surface area contributed by atoms with Crippen LogP contribution in [0.3, 0.4) is 0 Å². The number of fused-ring (bicyclic) bond motifs is 1. The molecule has 1 heterocycles. The predicted molar refractivity (Wildman–Crippen MR) is 172 cm³/mol. The first kappa shape index (κ1) is 25.1. The van der Waals surface area contributed by atoms with Crippen molar-refractivity contribution >= 4 is 26.7 Å². The molecule has 0 aliphatic carbocycles. The third-order valence-electron chi connectivity index (χ3n) is 7.24. The Hall–Kier alpha value is -4.93. The molecule has 0 unspecified atom stereocenters. The normalized spacial score (nSPS) is 11.0. The van der Waals surface area contributed by atoms with Crippen molar-refractivity contribution in [1.29, 1.82) is 0 Å². The van der Waals surface area contributed by atoms with E-state index in [1.165, 1.54) is 11.1 Å². The molecule has 4 heteroatoms. The molecule has 194 valence electrons. The molecule has 0 amide bonds. The standard InChI is InChI=1S/C37H24BrN3/c38-30-21-19-27(20-22-30)31-23-24-34(33-14-8-7-13-32(31)33)37-40-35(28-11-5-2-6-12-28)39-36(41-37)29-17-15-26(16-18-29)25-9-3-1-4-10-25/h1-24H. The Morgan fingerprint density at radius 2 is 0.732 bits per heavy atom. The van der Waals surface area contributed by atoms with Crippen LogP contribution in [-0.4, -0.2) is 15.0 Å². The molecule has 0 aliphatic heterocycles. The zero-order valence-electron chi connectivity index (χ0n) is 22.1. The van der Waals surface area contributed by atoms with Gasteiger partial charge in [0.05, 0.1) is 0 Å². The van der Waals surface area contributed by atoms with Crippen LogP contribution >= 0.6 is 15.9 Å². The molecule has 1 aromatic heterocycles. The summed E-state index contributed by atoms with van der Waals surface area (Å²) >= 11 is 3.56. The van der Waals surface area contributed by atoms with Crippen molar-refractivity contribution in [1.82, 2.24) is 15.0 Å². The third-order valence-corrected chi connectivity index (χ3v) is 7.77.